The highest BCUT2D eigenvalue weighted by molar-refractivity contribution is 5.27. The maximum absolute atomic E-state index is 12.7. The largest absolute Gasteiger partial charge is 0.494 e. The number of nitrogens with one attached hydrogen (secondary N) is 1. The van der Waals surface area contributed by atoms with Gasteiger partial charge in [-0.25, -0.2) is 4.39 Å². The quantitative estimate of drug-likeness (QED) is 0.747. The summed E-state index contributed by atoms with van der Waals surface area (Å²) in [5.74, 6) is 0.751. The number of rotatable bonds is 8. The van der Waals surface area contributed by atoms with E-state index >= 15 is 0 Å². The topological polar surface area (TPSA) is 21.3 Å². The van der Waals surface area contributed by atoms with Gasteiger partial charge < -0.3 is 10.1 Å². The summed E-state index contributed by atoms with van der Waals surface area (Å²) < 4.78 is 18.4. The van der Waals surface area contributed by atoms with Crippen LogP contribution < -0.4 is 10.1 Å². The molecule has 21 heavy (non-hydrogen) atoms. The molecule has 0 amide bonds. The molecule has 0 aromatic heterocycles. The highest BCUT2D eigenvalue weighted by atomic mass is 19.1. The summed E-state index contributed by atoms with van der Waals surface area (Å²) in [5, 5.41) is 3.37. The van der Waals surface area contributed by atoms with Gasteiger partial charge in [0, 0.05) is 0 Å². The number of benzene rings is 2. The predicted molar refractivity (Wildman–Crippen MR) is 84.3 cm³/mol. The molecule has 0 saturated heterocycles. The van der Waals surface area contributed by atoms with E-state index in [-0.39, 0.29) is 5.82 Å². The highest BCUT2D eigenvalue weighted by Crippen LogP contribution is 2.12. The fourth-order valence-electron chi connectivity index (χ4n) is 2.10. The van der Waals surface area contributed by atoms with Crippen LogP contribution in [-0.4, -0.2) is 19.7 Å². The van der Waals surface area contributed by atoms with Crippen LogP contribution >= 0.6 is 0 Å². The van der Waals surface area contributed by atoms with Crippen LogP contribution in [0.15, 0.2) is 48.5 Å². The number of hydrogen-bond donors (Lipinski definition) is 1. The molecule has 2 nitrogen and oxygen atoms in total. The van der Waals surface area contributed by atoms with Crippen molar-refractivity contribution < 1.29 is 9.13 Å². The minimum atomic E-state index is -0.181. The summed E-state index contributed by atoms with van der Waals surface area (Å²) in [6.07, 6.45) is 1.89. The minimum Gasteiger partial charge on any atom is -0.494 e. The average molecular weight is 287 g/mol. The Morgan fingerprint density at radius 2 is 1.86 bits per heavy atom. The molecule has 0 atom stereocenters. The van der Waals surface area contributed by atoms with Crippen LogP contribution in [-0.2, 0) is 6.42 Å². The second-order valence-electron chi connectivity index (χ2n) is 5.14. The molecule has 0 unspecified atom stereocenters. The van der Waals surface area contributed by atoms with Crippen molar-refractivity contribution in [1.82, 2.24) is 5.32 Å². The summed E-state index contributed by atoms with van der Waals surface area (Å²) in [4.78, 5) is 0. The third kappa shape index (κ3) is 5.96. The number of halogens is 1. The van der Waals surface area contributed by atoms with Gasteiger partial charge in [-0.1, -0.05) is 24.3 Å². The zero-order valence-corrected chi connectivity index (χ0v) is 12.4. The molecule has 0 radical (unpaired) electrons. The Morgan fingerprint density at radius 3 is 2.62 bits per heavy atom. The van der Waals surface area contributed by atoms with E-state index in [1.807, 2.05) is 30.3 Å². The molecule has 2 aromatic carbocycles. The second kappa shape index (κ2) is 8.42. The van der Waals surface area contributed by atoms with E-state index in [1.165, 1.54) is 17.7 Å². The molecule has 0 fully saturated rings. The summed E-state index contributed by atoms with van der Waals surface area (Å²) in [6.45, 7) is 4.60. The molecule has 2 aromatic rings. The van der Waals surface area contributed by atoms with Gasteiger partial charge >= 0.3 is 0 Å². The highest BCUT2D eigenvalue weighted by Gasteiger charge is 1.96. The Labute approximate surface area is 126 Å². The van der Waals surface area contributed by atoms with Gasteiger partial charge in [0.1, 0.15) is 11.6 Å². The Hall–Kier alpha value is -1.87. The van der Waals surface area contributed by atoms with Crippen molar-refractivity contribution in [2.24, 2.45) is 0 Å². The first-order valence-electron chi connectivity index (χ1n) is 7.39. The lowest BCUT2D eigenvalue weighted by Gasteiger charge is -2.08. The number of aryl methyl sites for hydroxylation is 1. The zero-order valence-electron chi connectivity index (χ0n) is 12.4. The second-order valence-corrected chi connectivity index (χ2v) is 5.14. The predicted octanol–water partition coefficient (Wildman–Crippen LogP) is 3.74. The van der Waals surface area contributed by atoms with E-state index in [0.29, 0.717) is 6.61 Å². The third-order valence-corrected chi connectivity index (χ3v) is 3.26. The summed E-state index contributed by atoms with van der Waals surface area (Å²) >= 11 is 0. The van der Waals surface area contributed by atoms with Crippen LogP contribution in [0.4, 0.5) is 4.39 Å². The smallest absolute Gasteiger partial charge is 0.123 e. The first-order chi connectivity index (χ1) is 10.2. The van der Waals surface area contributed by atoms with Crippen molar-refractivity contribution in [1.29, 1.82) is 0 Å². The van der Waals surface area contributed by atoms with E-state index in [9.17, 15) is 4.39 Å². The fourth-order valence-corrected chi connectivity index (χ4v) is 2.10. The molecule has 1 N–H and O–H groups in total. The van der Waals surface area contributed by atoms with Crippen LogP contribution in [0.1, 0.15) is 17.5 Å². The van der Waals surface area contributed by atoms with Gasteiger partial charge in [-0.3, -0.25) is 0 Å². The molecule has 0 aliphatic carbocycles. The summed E-state index contributed by atoms with van der Waals surface area (Å²) in [6, 6.07) is 14.8. The fraction of sp³-hybridized carbons (Fsp3) is 0.333. The normalized spacial score (nSPS) is 10.6. The standard InChI is InChI=1S/C18H22FNO/c1-15-4-2-5-18(14-15)21-13-3-11-20-12-10-16-6-8-17(19)9-7-16/h2,4-9,14,20H,3,10-13H2,1H3. The van der Waals surface area contributed by atoms with Gasteiger partial charge in [-0.15, -0.1) is 0 Å². The Morgan fingerprint density at radius 1 is 1.05 bits per heavy atom. The van der Waals surface area contributed by atoms with E-state index in [0.717, 1.165) is 37.2 Å². The van der Waals surface area contributed by atoms with Gasteiger partial charge in [-0.05, 0) is 68.2 Å². The van der Waals surface area contributed by atoms with Gasteiger partial charge in [0.15, 0.2) is 0 Å². The SMILES string of the molecule is Cc1cccc(OCCCNCCc2ccc(F)cc2)c1. The van der Waals surface area contributed by atoms with Gasteiger partial charge in [-0.2, -0.15) is 0 Å². The van der Waals surface area contributed by atoms with Gasteiger partial charge in [0.2, 0.25) is 0 Å². The molecule has 0 aliphatic rings. The molecule has 0 aliphatic heterocycles. The number of hydrogen-bond acceptors (Lipinski definition) is 2. The van der Waals surface area contributed by atoms with E-state index in [2.05, 4.69) is 18.3 Å². The molecule has 0 saturated carbocycles. The van der Waals surface area contributed by atoms with Crippen molar-refractivity contribution in [2.75, 3.05) is 19.7 Å². The third-order valence-electron chi connectivity index (χ3n) is 3.26. The lowest BCUT2D eigenvalue weighted by Crippen LogP contribution is -2.20. The Balaban J connectivity index is 1.53. The number of ether oxygens (including phenoxy) is 1. The van der Waals surface area contributed by atoms with E-state index in [4.69, 9.17) is 4.74 Å². The lowest BCUT2D eigenvalue weighted by atomic mass is 10.1. The van der Waals surface area contributed by atoms with Crippen molar-refractivity contribution in [3.8, 4) is 5.75 Å². The molecule has 2 rings (SSSR count). The van der Waals surface area contributed by atoms with Gasteiger partial charge in [0.05, 0.1) is 6.61 Å². The molecular weight excluding hydrogens is 265 g/mol. The van der Waals surface area contributed by atoms with Crippen LogP contribution in [0.25, 0.3) is 0 Å². The van der Waals surface area contributed by atoms with Gasteiger partial charge in [0.25, 0.3) is 0 Å². The van der Waals surface area contributed by atoms with Crippen molar-refractivity contribution in [3.63, 3.8) is 0 Å². The maximum Gasteiger partial charge on any atom is 0.123 e. The van der Waals surface area contributed by atoms with Crippen molar-refractivity contribution >= 4 is 0 Å². The van der Waals surface area contributed by atoms with Crippen LogP contribution in [0.5, 0.6) is 5.75 Å². The van der Waals surface area contributed by atoms with E-state index < -0.39 is 0 Å². The summed E-state index contributed by atoms with van der Waals surface area (Å²) in [7, 11) is 0. The van der Waals surface area contributed by atoms with Crippen molar-refractivity contribution in [3.05, 3.63) is 65.5 Å². The Kier molecular flexibility index (Phi) is 6.22. The zero-order chi connectivity index (χ0) is 14.9. The molecule has 0 bridgehead atoms. The average Bonchev–Trinajstić information content (AvgIpc) is 2.48. The molecule has 112 valence electrons. The first-order valence-corrected chi connectivity index (χ1v) is 7.39. The van der Waals surface area contributed by atoms with Crippen LogP contribution in [0.2, 0.25) is 0 Å². The lowest BCUT2D eigenvalue weighted by molar-refractivity contribution is 0.308. The van der Waals surface area contributed by atoms with Crippen LogP contribution in [0, 0.1) is 12.7 Å². The molecule has 0 heterocycles. The minimum absolute atomic E-state index is 0.181. The molecular formula is C18H22FNO. The molecule has 3 heteroatoms. The first kappa shape index (κ1) is 15.5. The molecule has 0 spiro atoms. The van der Waals surface area contributed by atoms with Crippen molar-refractivity contribution in [2.45, 2.75) is 19.8 Å². The maximum atomic E-state index is 12.7. The summed E-state index contributed by atoms with van der Waals surface area (Å²) in [5.41, 5.74) is 2.37. The monoisotopic (exact) mass is 287 g/mol. The van der Waals surface area contributed by atoms with Crippen LogP contribution in [0.3, 0.4) is 0 Å². The van der Waals surface area contributed by atoms with E-state index in [1.54, 1.807) is 0 Å². The Bertz CT molecular complexity index is 539.